The van der Waals surface area contributed by atoms with Gasteiger partial charge in [-0.25, -0.2) is 0 Å². The van der Waals surface area contributed by atoms with Crippen molar-refractivity contribution in [3.8, 4) is 11.5 Å². The lowest BCUT2D eigenvalue weighted by Crippen LogP contribution is -2.48. The molecule has 1 aromatic carbocycles. The van der Waals surface area contributed by atoms with E-state index in [1.165, 1.54) is 0 Å². The van der Waals surface area contributed by atoms with Gasteiger partial charge in [-0.15, -0.1) is 10.2 Å². The summed E-state index contributed by atoms with van der Waals surface area (Å²) >= 11 is 0. The van der Waals surface area contributed by atoms with Crippen LogP contribution in [0.1, 0.15) is 25.8 Å². The highest BCUT2D eigenvalue weighted by atomic mass is 16.4. The number of carbonyl (C=O) groups excluding carboxylic acids is 1. The summed E-state index contributed by atoms with van der Waals surface area (Å²) in [6, 6.07) is 9.81. The first kappa shape index (κ1) is 14.7. The Labute approximate surface area is 129 Å². The van der Waals surface area contributed by atoms with E-state index in [2.05, 4.69) is 22.0 Å². The molecule has 0 bridgehead atoms. The van der Waals surface area contributed by atoms with Crippen molar-refractivity contribution in [3.05, 3.63) is 36.2 Å². The number of piperazine rings is 1. The molecule has 116 valence electrons. The second kappa shape index (κ2) is 6.27. The summed E-state index contributed by atoms with van der Waals surface area (Å²) in [5.41, 5.74) is 0.926. The third kappa shape index (κ3) is 3.01. The fourth-order valence-electron chi connectivity index (χ4n) is 2.68. The molecule has 2 aromatic rings. The van der Waals surface area contributed by atoms with Crippen molar-refractivity contribution in [2.45, 2.75) is 19.9 Å². The Morgan fingerprint density at radius 2 is 1.82 bits per heavy atom. The molecule has 1 unspecified atom stereocenters. The monoisotopic (exact) mass is 300 g/mol. The summed E-state index contributed by atoms with van der Waals surface area (Å²) < 4.78 is 5.81. The molecule has 1 aromatic heterocycles. The van der Waals surface area contributed by atoms with E-state index in [1.807, 2.05) is 35.2 Å². The number of benzene rings is 1. The topological polar surface area (TPSA) is 62.5 Å². The Bertz CT molecular complexity index is 633. The van der Waals surface area contributed by atoms with E-state index in [0.717, 1.165) is 31.7 Å². The van der Waals surface area contributed by atoms with Gasteiger partial charge in [0.15, 0.2) is 0 Å². The molecule has 1 aliphatic heterocycles. The van der Waals surface area contributed by atoms with Gasteiger partial charge in [0.1, 0.15) is 0 Å². The summed E-state index contributed by atoms with van der Waals surface area (Å²) in [6.45, 7) is 6.82. The number of rotatable bonds is 3. The van der Waals surface area contributed by atoms with Crippen LogP contribution in [0, 0.1) is 0 Å². The van der Waals surface area contributed by atoms with Crippen molar-refractivity contribution < 1.29 is 9.21 Å². The average Bonchev–Trinajstić information content (AvgIpc) is 3.05. The first-order valence-electron chi connectivity index (χ1n) is 7.53. The van der Waals surface area contributed by atoms with Crippen molar-refractivity contribution in [2.75, 3.05) is 26.2 Å². The van der Waals surface area contributed by atoms with E-state index in [0.29, 0.717) is 11.8 Å². The maximum Gasteiger partial charge on any atom is 0.247 e. The van der Waals surface area contributed by atoms with Gasteiger partial charge in [-0.1, -0.05) is 18.2 Å². The standard InChI is InChI=1S/C16H20N4O2/c1-12(19-8-10-20(11-9-19)13(2)21)15-17-18-16(22-15)14-6-4-3-5-7-14/h3-7,12H,8-11H2,1-2H3. The van der Waals surface area contributed by atoms with Crippen molar-refractivity contribution in [2.24, 2.45) is 0 Å². The van der Waals surface area contributed by atoms with Crippen molar-refractivity contribution >= 4 is 5.91 Å². The van der Waals surface area contributed by atoms with Crippen molar-refractivity contribution in [1.82, 2.24) is 20.0 Å². The van der Waals surface area contributed by atoms with E-state index in [9.17, 15) is 4.79 Å². The second-order valence-corrected chi connectivity index (χ2v) is 5.53. The minimum Gasteiger partial charge on any atom is -0.419 e. The fourth-order valence-corrected chi connectivity index (χ4v) is 2.68. The number of carbonyl (C=O) groups is 1. The molecule has 6 nitrogen and oxygen atoms in total. The lowest BCUT2D eigenvalue weighted by Gasteiger charge is -2.36. The minimum absolute atomic E-state index is 0.0547. The Kier molecular flexibility index (Phi) is 4.20. The molecule has 6 heteroatoms. The largest absolute Gasteiger partial charge is 0.419 e. The maximum atomic E-state index is 11.4. The maximum absolute atomic E-state index is 11.4. The molecule has 1 saturated heterocycles. The summed E-state index contributed by atoms with van der Waals surface area (Å²) in [7, 11) is 0. The van der Waals surface area contributed by atoms with Crippen LogP contribution in [0.5, 0.6) is 0 Å². The molecule has 2 heterocycles. The van der Waals surface area contributed by atoms with Gasteiger partial charge >= 0.3 is 0 Å². The van der Waals surface area contributed by atoms with Gasteiger partial charge in [0.25, 0.3) is 0 Å². The zero-order chi connectivity index (χ0) is 15.5. The number of aromatic nitrogens is 2. The molecular weight excluding hydrogens is 280 g/mol. The molecular formula is C16H20N4O2. The Hall–Kier alpha value is -2.21. The fraction of sp³-hybridized carbons (Fsp3) is 0.438. The SMILES string of the molecule is CC(=O)N1CCN(C(C)c2nnc(-c3ccccc3)o2)CC1. The van der Waals surface area contributed by atoms with Gasteiger partial charge in [0.05, 0.1) is 6.04 Å². The van der Waals surface area contributed by atoms with Crippen LogP contribution in [0.3, 0.4) is 0 Å². The average molecular weight is 300 g/mol. The smallest absolute Gasteiger partial charge is 0.247 e. The van der Waals surface area contributed by atoms with Gasteiger partial charge < -0.3 is 9.32 Å². The van der Waals surface area contributed by atoms with Gasteiger partial charge in [0, 0.05) is 38.7 Å². The van der Waals surface area contributed by atoms with E-state index in [1.54, 1.807) is 6.92 Å². The molecule has 1 amide bonds. The first-order chi connectivity index (χ1) is 10.6. The van der Waals surface area contributed by atoms with Gasteiger partial charge in [-0.3, -0.25) is 9.69 Å². The number of nitrogens with zero attached hydrogens (tertiary/aromatic N) is 4. The third-order valence-corrected chi connectivity index (χ3v) is 4.13. The second-order valence-electron chi connectivity index (χ2n) is 5.53. The Balaban J connectivity index is 1.68. The zero-order valence-corrected chi connectivity index (χ0v) is 12.9. The quantitative estimate of drug-likeness (QED) is 0.867. The highest BCUT2D eigenvalue weighted by Crippen LogP contribution is 2.24. The van der Waals surface area contributed by atoms with Crippen LogP contribution in [0.25, 0.3) is 11.5 Å². The van der Waals surface area contributed by atoms with E-state index < -0.39 is 0 Å². The Morgan fingerprint density at radius 3 is 2.45 bits per heavy atom. The summed E-state index contributed by atoms with van der Waals surface area (Å²) in [5, 5.41) is 8.32. The van der Waals surface area contributed by atoms with Crippen LogP contribution >= 0.6 is 0 Å². The molecule has 0 aliphatic carbocycles. The number of hydrogen-bond donors (Lipinski definition) is 0. The first-order valence-corrected chi connectivity index (χ1v) is 7.53. The molecule has 22 heavy (non-hydrogen) atoms. The zero-order valence-electron chi connectivity index (χ0n) is 12.9. The van der Waals surface area contributed by atoms with Gasteiger partial charge in [-0.2, -0.15) is 0 Å². The van der Waals surface area contributed by atoms with E-state index >= 15 is 0 Å². The molecule has 1 atom stereocenters. The van der Waals surface area contributed by atoms with E-state index in [-0.39, 0.29) is 11.9 Å². The molecule has 1 aliphatic rings. The minimum atomic E-state index is 0.0547. The van der Waals surface area contributed by atoms with Gasteiger partial charge in [-0.05, 0) is 19.1 Å². The third-order valence-electron chi connectivity index (χ3n) is 4.13. The van der Waals surface area contributed by atoms with Crippen LogP contribution in [0.2, 0.25) is 0 Å². The molecule has 0 N–H and O–H groups in total. The molecule has 1 fully saturated rings. The van der Waals surface area contributed by atoms with Crippen molar-refractivity contribution in [3.63, 3.8) is 0 Å². The molecule has 3 rings (SSSR count). The predicted octanol–water partition coefficient (Wildman–Crippen LogP) is 1.96. The molecule has 0 spiro atoms. The summed E-state index contributed by atoms with van der Waals surface area (Å²) in [6.07, 6.45) is 0. The lowest BCUT2D eigenvalue weighted by atomic mass is 10.2. The molecule has 0 radical (unpaired) electrons. The highest BCUT2D eigenvalue weighted by molar-refractivity contribution is 5.73. The number of hydrogen-bond acceptors (Lipinski definition) is 5. The van der Waals surface area contributed by atoms with E-state index in [4.69, 9.17) is 4.42 Å². The van der Waals surface area contributed by atoms with Crippen LogP contribution in [0.15, 0.2) is 34.7 Å². The normalized spacial score (nSPS) is 17.5. The predicted molar refractivity (Wildman–Crippen MR) is 82.0 cm³/mol. The Morgan fingerprint density at radius 1 is 1.14 bits per heavy atom. The lowest BCUT2D eigenvalue weighted by molar-refractivity contribution is -0.130. The van der Waals surface area contributed by atoms with Crippen LogP contribution in [-0.4, -0.2) is 52.1 Å². The van der Waals surface area contributed by atoms with Crippen molar-refractivity contribution in [1.29, 1.82) is 0 Å². The number of amides is 1. The highest BCUT2D eigenvalue weighted by Gasteiger charge is 2.26. The van der Waals surface area contributed by atoms with Crippen LogP contribution in [-0.2, 0) is 4.79 Å². The van der Waals surface area contributed by atoms with Crippen LogP contribution in [0.4, 0.5) is 0 Å². The van der Waals surface area contributed by atoms with Gasteiger partial charge in [0.2, 0.25) is 17.7 Å². The molecule has 0 saturated carbocycles. The van der Waals surface area contributed by atoms with Crippen LogP contribution < -0.4 is 0 Å². The summed E-state index contributed by atoms with van der Waals surface area (Å²) in [4.78, 5) is 15.5. The summed E-state index contributed by atoms with van der Waals surface area (Å²) in [5.74, 6) is 1.30.